The van der Waals surface area contributed by atoms with Crippen LogP contribution in [-0.4, -0.2) is 6.04 Å². The molecule has 1 fully saturated rings. The van der Waals surface area contributed by atoms with Crippen molar-refractivity contribution in [1.82, 2.24) is 0 Å². The highest BCUT2D eigenvalue weighted by atomic mass is 32.1. The van der Waals surface area contributed by atoms with Crippen molar-refractivity contribution in [2.24, 2.45) is 17.6 Å². The molecule has 1 heterocycles. The summed E-state index contributed by atoms with van der Waals surface area (Å²) in [4.78, 5) is 1.62. The zero-order chi connectivity index (χ0) is 13.2. The first-order valence-electron chi connectivity index (χ1n) is 8.11. The molecule has 1 saturated carbocycles. The molecular weight excluding hydrogens is 250 g/mol. The molecule has 1 aromatic rings. The standard InChI is InChI=1S/C17H27NS/c1-2-12-5-3-6-13(11-12)17(18)15-7-4-8-16-14(15)9-10-19-16/h9-10,12-13,15,17H,2-8,11,18H2,1H3. The van der Waals surface area contributed by atoms with Crippen molar-refractivity contribution in [1.29, 1.82) is 0 Å². The van der Waals surface area contributed by atoms with E-state index in [1.807, 2.05) is 11.3 Å². The van der Waals surface area contributed by atoms with E-state index in [1.54, 1.807) is 10.4 Å². The maximum Gasteiger partial charge on any atom is 0.0137 e. The first-order chi connectivity index (χ1) is 9.29. The summed E-state index contributed by atoms with van der Waals surface area (Å²) in [7, 11) is 0. The Morgan fingerprint density at radius 1 is 1.32 bits per heavy atom. The zero-order valence-electron chi connectivity index (χ0n) is 12.1. The topological polar surface area (TPSA) is 26.0 Å². The summed E-state index contributed by atoms with van der Waals surface area (Å²) in [5.74, 6) is 2.36. The second-order valence-corrected chi connectivity index (χ2v) is 7.58. The lowest BCUT2D eigenvalue weighted by molar-refractivity contribution is 0.208. The fourth-order valence-electron chi connectivity index (χ4n) is 4.30. The van der Waals surface area contributed by atoms with E-state index in [1.165, 1.54) is 51.4 Å². The molecule has 2 aliphatic rings. The van der Waals surface area contributed by atoms with Crippen LogP contribution in [0.4, 0.5) is 0 Å². The maximum absolute atomic E-state index is 6.72. The molecule has 0 amide bonds. The summed E-state index contributed by atoms with van der Waals surface area (Å²) >= 11 is 1.94. The van der Waals surface area contributed by atoms with E-state index in [4.69, 9.17) is 5.73 Å². The molecule has 4 unspecified atom stereocenters. The monoisotopic (exact) mass is 277 g/mol. The van der Waals surface area contributed by atoms with Crippen LogP contribution in [0.2, 0.25) is 0 Å². The molecule has 1 aromatic heterocycles. The molecule has 0 bridgehead atoms. The Labute approximate surface area is 121 Å². The van der Waals surface area contributed by atoms with Crippen LogP contribution >= 0.6 is 11.3 Å². The van der Waals surface area contributed by atoms with Crippen LogP contribution in [0, 0.1) is 11.8 Å². The van der Waals surface area contributed by atoms with Crippen molar-refractivity contribution in [2.75, 3.05) is 0 Å². The maximum atomic E-state index is 6.72. The van der Waals surface area contributed by atoms with Crippen molar-refractivity contribution in [3.05, 3.63) is 21.9 Å². The van der Waals surface area contributed by atoms with Crippen LogP contribution in [0.1, 0.15) is 68.2 Å². The highest BCUT2D eigenvalue weighted by Gasteiger charge is 2.33. The predicted molar refractivity (Wildman–Crippen MR) is 83.7 cm³/mol. The quantitative estimate of drug-likeness (QED) is 0.850. The van der Waals surface area contributed by atoms with E-state index in [-0.39, 0.29) is 0 Å². The van der Waals surface area contributed by atoms with Gasteiger partial charge in [-0.2, -0.15) is 0 Å². The number of fused-ring (bicyclic) bond motifs is 1. The molecule has 2 heteroatoms. The molecule has 0 aliphatic heterocycles. The summed E-state index contributed by atoms with van der Waals surface area (Å²) in [5, 5.41) is 2.27. The minimum absolute atomic E-state index is 0.406. The minimum atomic E-state index is 0.406. The van der Waals surface area contributed by atoms with Gasteiger partial charge in [-0.1, -0.05) is 26.2 Å². The van der Waals surface area contributed by atoms with E-state index in [2.05, 4.69) is 18.4 Å². The van der Waals surface area contributed by atoms with Crippen LogP contribution in [0.15, 0.2) is 11.4 Å². The third kappa shape index (κ3) is 2.75. The first-order valence-corrected chi connectivity index (χ1v) is 8.99. The Morgan fingerprint density at radius 3 is 3.05 bits per heavy atom. The Morgan fingerprint density at radius 2 is 2.21 bits per heavy atom. The first kappa shape index (κ1) is 13.6. The molecule has 2 N–H and O–H groups in total. The summed E-state index contributed by atoms with van der Waals surface area (Å²) < 4.78 is 0. The third-order valence-corrected chi connectivity index (χ3v) is 6.50. The smallest absolute Gasteiger partial charge is 0.0137 e. The van der Waals surface area contributed by atoms with E-state index in [0.29, 0.717) is 12.0 Å². The van der Waals surface area contributed by atoms with Crippen molar-refractivity contribution in [3.8, 4) is 0 Å². The summed E-state index contributed by atoms with van der Waals surface area (Å²) in [5.41, 5.74) is 8.32. The lowest BCUT2D eigenvalue weighted by Gasteiger charge is -2.38. The van der Waals surface area contributed by atoms with Crippen molar-refractivity contribution < 1.29 is 0 Å². The fourth-order valence-corrected chi connectivity index (χ4v) is 5.30. The average molecular weight is 277 g/mol. The van der Waals surface area contributed by atoms with Gasteiger partial charge in [0.05, 0.1) is 0 Å². The van der Waals surface area contributed by atoms with Gasteiger partial charge in [0.2, 0.25) is 0 Å². The number of hydrogen-bond acceptors (Lipinski definition) is 2. The van der Waals surface area contributed by atoms with Gasteiger partial charge in [-0.25, -0.2) is 0 Å². The van der Waals surface area contributed by atoms with E-state index in [9.17, 15) is 0 Å². The van der Waals surface area contributed by atoms with E-state index in [0.717, 1.165) is 11.8 Å². The molecule has 3 rings (SSSR count). The number of hydrogen-bond donors (Lipinski definition) is 1. The van der Waals surface area contributed by atoms with Crippen LogP contribution in [0.3, 0.4) is 0 Å². The van der Waals surface area contributed by atoms with E-state index >= 15 is 0 Å². The van der Waals surface area contributed by atoms with Gasteiger partial charge >= 0.3 is 0 Å². The molecule has 1 nitrogen and oxygen atoms in total. The van der Waals surface area contributed by atoms with Gasteiger partial charge in [-0.3, -0.25) is 0 Å². The predicted octanol–water partition coefficient (Wildman–Crippen LogP) is 4.71. The molecule has 0 saturated heterocycles. The van der Waals surface area contributed by atoms with Crippen molar-refractivity contribution in [2.45, 2.75) is 70.3 Å². The van der Waals surface area contributed by atoms with Crippen LogP contribution in [0.5, 0.6) is 0 Å². The third-order valence-electron chi connectivity index (χ3n) is 5.51. The van der Waals surface area contributed by atoms with Gasteiger partial charge in [-0.05, 0) is 60.9 Å². The van der Waals surface area contributed by atoms with Crippen LogP contribution in [0.25, 0.3) is 0 Å². The summed E-state index contributed by atoms with van der Waals surface area (Å²) in [6.07, 6.45) is 10.9. The Bertz CT molecular complexity index is 411. The van der Waals surface area contributed by atoms with Crippen LogP contribution in [-0.2, 0) is 6.42 Å². The lowest BCUT2D eigenvalue weighted by Crippen LogP contribution is -2.39. The molecule has 106 valence electrons. The summed E-state index contributed by atoms with van der Waals surface area (Å²) in [6, 6.07) is 2.76. The SMILES string of the molecule is CCC1CCCC(C(N)C2CCCc3sccc32)C1. The van der Waals surface area contributed by atoms with Gasteiger partial charge in [0.15, 0.2) is 0 Å². The van der Waals surface area contributed by atoms with Gasteiger partial charge < -0.3 is 5.73 Å². The molecular formula is C17H27NS. The van der Waals surface area contributed by atoms with Gasteiger partial charge in [-0.15, -0.1) is 11.3 Å². The molecule has 0 spiro atoms. The molecule has 4 atom stereocenters. The van der Waals surface area contributed by atoms with Crippen molar-refractivity contribution in [3.63, 3.8) is 0 Å². The van der Waals surface area contributed by atoms with Gasteiger partial charge in [0, 0.05) is 16.8 Å². The number of thiophene rings is 1. The number of aryl methyl sites for hydroxylation is 1. The average Bonchev–Trinajstić information content (AvgIpc) is 2.95. The Balaban J connectivity index is 1.72. The lowest BCUT2D eigenvalue weighted by atomic mass is 9.70. The highest BCUT2D eigenvalue weighted by molar-refractivity contribution is 7.10. The van der Waals surface area contributed by atoms with Gasteiger partial charge in [0.25, 0.3) is 0 Å². The number of nitrogens with two attached hydrogens (primary N) is 1. The largest absolute Gasteiger partial charge is 0.327 e. The molecule has 2 aliphatic carbocycles. The fraction of sp³-hybridized carbons (Fsp3) is 0.765. The molecule has 19 heavy (non-hydrogen) atoms. The van der Waals surface area contributed by atoms with Crippen LogP contribution < -0.4 is 5.73 Å². The number of rotatable bonds is 3. The molecule has 0 radical (unpaired) electrons. The second kappa shape index (κ2) is 5.97. The van der Waals surface area contributed by atoms with Crippen molar-refractivity contribution >= 4 is 11.3 Å². The van der Waals surface area contributed by atoms with Gasteiger partial charge in [0.1, 0.15) is 0 Å². The highest BCUT2D eigenvalue weighted by Crippen LogP contribution is 2.42. The Kier molecular flexibility index (Phi) is 4.28. The normalized spacial score (nSPS) is 32.8. The van der Waals surface area contributed by atoms with E-state index < -0.39 is 0 Å². The summed E-state index contributed by atoms with van der Waals surface area (Å²) in [6.45, 7) is 2.34. The Hall–Kier alpha value is -0.340. The zero-order valence-corrected chi connectivity index (χ0v) is 12.9. The minimum Gasteiger partial charge on any atom is -0.327 e. The molecule has 0 aromatic carbocycles. The second-order valence-electron chi connectivity index (χ2n) is 6.58.